The molecule has 0 spiro atoms. The minimum absolute atomic E-state index is 0.0468. The Labute approximate surface area is 168 Å². The van der Waals surface area contributed by atoms with Gasteiger partial charge in [-0.25, -0.2) is 4.98 Å². The Bertz CT molecular complexity index is 785. The van der Waals surface area contributed by atoms with Crippen LogP contribution >= 0.6 is 22.9 Å². The molecule has 0 aliphatic carbocycles. The Morgan fingerprint density at radius 1 is 1.11 bits per heavy atom. The van der Waals surface area contributed by atoms with Gasteiger partial charge in [0.2, 0.25) is 5.91 Å². The third kappa shape index (κ3) is 6.04. The Morgan fingerprint density at radius 2 is 1.89 bits per heavy atom. The number of hydrogen-bond acceptors (Lipinski definition) is 5. The van der Waals surface area contributed by atoms with Gasteiger partial charge in [0.05, 0.1) is 9.21 Å². The van der Waals surface area contributed by atoms with Crippen LogP contribution in [-0.4, -0.2) is 29.8 Å². The fourth-order valence-corrected chi connectivity index (χ4v) is 4.16. The van der Waals surface area contributed by atoms with Gasteiger partial charge in [-0.1, -0.05) is 24.4 Å². The van der Waals surface area contributed by atoms with Crippen LogP contribution in [0, 0.1) is 0 Å². The lowest BCUT2D eigenvalue weighted by Gasteiger charge is -2.21. The number of rotatable bonds is 7. The van der Waals surface area contributed by atoms with Crippen molar-refractivity contribution in [3.8, 4) is 0 Å². The van der Waals surface area contributed by atoms with E-state index in [4.69, 9.17) is 11.6 Å². The van der Waals surface area contributed by atoms with E-state index in [1.807, 2.05) is 12.1 Å². The van der Waals surface area contributed by atoms with Gasteiger partial charge < -0.3 is 10.2 Å². The van der Waals surface area contributed by atoms with E-state index in [0.29, 0.717) is 15.8 Å². The third-order valence-electron chi connectivity index (χ3n) is 4.66. The topological polar surface area (TPSA) is 62.3 Å². The fraction of sp³-hybridized carbons (Fsp3) is 0.450. The summed E-state index contributed by atoms with van der Waals surface area (Å²) in [7, 11) is 0. The molecule has 7 heteroatoms. The maximum absolute atomic E-state index is 12.1. The van der Waals surface area contributed by atoms with Crippen LogP contribution in [0.1, 0.15) is 53.8 Å². The van der Waals surface area contributed by atoms with E-state index >= 15 is 0 Å². The maximum Gasteiger partial charge on any atom is 0.220 e. The van der Waals surface area contributed by atoms with E-state index in [1.165, 1.54) is 37.0 Å². The quantitative estimate of drug-likeness (QED) is 0.691. The maximum atomic E-state index is 12.1. The van der Waals surface area contributed by atoms with Gasteiger partial charge in [-0.05, 0) is 42.7 Å². The summed E-state index contributed by atoms with van der Waals surface area (Å²) in [6.07, 6.45) is 7.13. The van der Waals surface area contributed by atoms with Crippen LogP contribution in [0.15, 0.2) is 30.5 Å². The van der Waals surface area contributed by atoms with Gasteiger partial charge in [0.15, 0.2) is 5.78 Å². The van der Waals surface area contributed by atoms with Crippen LogP contribution in [0.5, 0.6) is 0 Å². The number of anilines is 1. The lowest BCUT2D eigenvalue weighted by molar-refractivity contribution is -0.121. The number of nitrogens with zero attached hydrogens (tertiary/aromatic N) is 2. The van der Waals surface area contributed by atoms with Crippen molar-refractivity contribution in [3.05, 3.63) is 45.2 Å². The molecule has 1 aliphatic rings. The standard InChI is InChI=1S/C20H24ClN3O2S/c21-18-7-6-17(27-18)16(25)5-8-20(26)23-14-15-9-10-22-19(13-15)24-11-3-1-2-4-12-24/h6-7,9-10,13H,1-5,8,11-12,14H2,(H,23,26). The number of nitrogens with one attached hydrogen (secondary N) is 1. The molecule has 144 valence electrons. The van der Waals surface area contributed by atoms with Crippen molar-refractivity contribution in [1.82, 2.24) is 10.3 Å². The van der Waals surface area contributed by atoms with Crippen LogP contribution in [0.4, 0.5) is 5.82 Å². The van der Waals surface area contributed by atoms with E-state index in [-0.39, 0.29) is 24.5 Å². The van der Waals surface area contributed by atoms with Crippen molar-refractivity contribution in [2.24, 2.45) is 0 Å². The van der Waals surface area contributed by atoms with Gasteiger partial charge in [-0.15, -0.1) is 11.3 Å². The predicted octanol–water partition coefficient (Wildman–Crippen LogP) is 4.46. The lowest BCUT2D eigenvalue weighted by atomic mass is 10.2. The number of amides is 1. The number of halogens is 1. The second-order valence-corrected chi connectivity index (χ2v) is 8.44. The molecule has 0 saturated carbocycles. The van der Waals surface area contributed by atoms with Crippen molar-refractivity contribution in [1.29, 1.82) is 0 Å². The molecule has 3 heterocycles. The molecule has 2 aromatic heterocycles. The average molecular weight is 406 g/mol. The van der Waals surface area contributed by atoms with Gasteiger partial charge in [0.1, 0.15) is 5.82 Å². The molecule has 5 nitrogen and oxygen atoms in total. The normalized spacial score (nSPS) is 14.6. The number of hydrogen-bond donors (Lipinski definition) is 1. The van der Waals surface area contributed by atoms with E-state index in [9.17, 15) is 9.59 Å². The largest absolute Gasteiger partial charge is 0.357 e. The number of thiophene rings is 1. The van der Waals surface area contributed by atoms with Crippen molar-refractivity contribution in [2.75, 3.05) is 18.0 Å². The van der Waals surface area contributed by atoms with E-state index in [2.05, 4.69) is 15.2 Å². The first-order valence-electron chi connectivity index (χ1n) is 9.37. The highest BCUT2D eigenvalue weighted by molar-refractivity contribution is 7.18. The van der Waals surface area contributed by atoms with E-state index in [1.54, 1.807) is 18.3 Å². The third-order valence-corrected chi connectivity index (χ3v) is 5.93. The Kier molecular flexibility index (Phi) is 7.24. The highest BCUT2D eigenvalue weighted by atomic mass is 35.5. The Hall–Kier alpha value is -1.92. The molecular formula is C20H24ClN3O2S. The van der Waals surface area contributed by atoms with Crippen molar-refractivity contribution >= 4 is 40.4 Å². The highest BCUT2D eigenvalue weighted by Gasteiger charge is 2.13. The first-order chi connectivity index (χ1) is 13.1. The molecule has 0 radical (unpaired) electrons. The fourth-order valence-electron chi connectivity index (χ4n) is 3.15. The summed E-state index contributed by atoms with van der Waals surface area (Å²) in [6.45, 7) is 2.52. The van der Waals surface area contributed by atoms with Crippen LogP contribution < -0.4 is 10.2 Å². The molecule has 3 rings (SSSR count). The molecule has 1 amide bonds. The minimum Gasteiger partial charge on any atom is -0.357 e. The van der Waals surface area contributed by atoms with E-state index < -0.39 is 0 Å². The summed E-state index contributed by atoms with van der Waals surface area (Å²) in [6, 6.07) is 7.37. The number of carbonyl (C=O) groups is 2. The zero-order valence-corrected chi connectivity index (χ0v) is 16.8. The van der Waals surface area contributed by atoms with Crippen LogP contribution in [0.25, 0.3) is 0 Å². The molecule has 0 bridgehead atoms. The summed E-state index contributed by atoms with van der Waals surface area (Å²) >= 11 is 7.09. The number of Topliss-reactive ketones (excluding diaryl/α,β-unsaturated/α-hetero) is 1. The predicted molar refractivity (Wildman–Crippen MR) is 110 cm³/mol. The summed E-state index contributed by atoms with van der Waals surface area (Å²) in [4.78, 5) is 31.5. The summed E-state index contributed by atoms with van der Waals surface area (Å²) in [5.74, 6) is 0.807. The van der Waals surface area contributed by atoms with Crippen LogP contribution in [-0.2, 0) is 11.3 Å². The first kappa shape index (κ1) is 19.8. The zero-order chi connectivity index (χ0) is 19.1. The smallest absolute Gasteiger partial charge is 0.220 e. The second-order valence-electron chi connectivity index (χ2n) is 6.73. The van der Waals surface area contributed by atoms with Crippen molar-refractivity contribution in [3.63, 3.8) is 0 Å². The summed E-state index contributed by atoms with van der Waals surface area (Å²) in [5, 5.41) is 2.89. The van der Waals surface area contributed by atoms with Gasteiger partial charge in [0, 0.05) is 38.7 Å². The molecule has 1 saturated heterocycles. The number of carbonyl (C=O) groups excluding carboxylic acids is 2. The lowest BCUT2D eigenvalue weighted by Crippen LogP contribution is -2.26. The molecular weight excluding hydrogens is 382 g/mol. The molecule has 27 heavy (non-hydrogen) atoms. The second kappa shape index (κ2) is 9.85. The molecule has 0 atom stereocenters. The number of pyridine rings is 1. The zero-order valence-electron chi connectivity index (χ0n) is 15.2. The van der Waals surface area contributed by atoms with Gasteiger partial charge in [0.25, 0.3) is 0 Å². The monoisotopic (exact) mass is 405 g/mol. The first-order valence-corrected chi connectivity index (χ1v) is 10.6. The SMILES string of the molecule is O=C(CCC(=O)c1ccc(Cl)s1)NCc1ccnc(N2CCCCCC2)c1. The van der Waals surface area contributed by atoms with E-state index in [0.717, 1.165) is 24.5 Å². The molecule has 0 aromatic carbocycles. The highest BCUT2D eigenvalue weighted by Crippen LogP contribution is 2.23. The van der Waals surface area contributed by atoms with Gasteiger partial charge in [-0.2, -0.15) is 0 Å². The summed E-state index contributed by atoms with van der Waals surface area (Å²) in [5.41, 5.74) is 1.02. The minimum atomic E-state index is -0.126. The number of ketones is 1. The molecule has 1 fully saturated rings. The molecule has 2 aromatic rings. The molecule has 0 unspecified atom stereocenters. The van der Waals surface area contributed by atoms with Crippen LogP contribution in [0.2, 0.25) is 4.34 Å². The van der Waals surface area contributed by atoms with Gasteiger partial charge in [-0.3, -0.25) is 9.59 Å². The van der Waals surface area contributed by atoms with Crippen molar-refractivity contribution in [2.45, 2.75) is 45.1 Å². The van der Waals surface area contributed by atoms with Crippen molar-refractivity contribution < 1.29 is 9.59 Å². The molecule has 1 aliphatic heterocycles. The number of aromatic nitrogens is 1. The summed E-state index contributed by atoms with van der Waals surface area (Å²) < 4.78 is 0.584. The Balaban J connectivity index is 1.47. The molecule has 1 N–H and O–H groups in total. The van der Waals surface area contributed by atoms with Crippen LogP contribution in [0.3, 0.4) is 0 Å². The van der Waals surface area contributed by atoms with Gasteiger partial charge >= 0.3 is 0 Å². The Morgan fingerprint density at radius 3 is 2.59 bits per heavy atom. The average Bonchev–Trinajstić information content (AvgIpc) is 2.94.